The maximum Gasteiger partial charge on any atom is 0.245 e. The number of hydrogen-bond donors (Lipinski definition) is 15. The van der Waals surface area contributed by atoms with Crippen molar-refractivity contribution >= 4 is 94.5 Å². The molecule has 3 aliphatic rings. The minimum Gasteiger partial charge on any atom is -0.370 e. The lowest BCUT2D eigenvalue weighted by molar-refractivity contribution is -0.144. The standard InChI is InChI=1S/C65H100N18O13S/c1-37(2)34-47(58(90)76-43(55(70)87)28-33-97-3)75-53(86)36-74-62(94)54(41-23-22-39-16-7-8-17-40(39)41)81-59(91)48(35-38-14-5-4-6-15-38)80-57(89)44(24-26-51(68)84)77-56(88)45(25-27-52(69)85)78-60(92)50-21-13-32-83(50)64(96)46(19-9-10-29-66)79-61(93)49-20-12-31-82(49)63(95)42(67)18-11-30-73-65(71)72/h4-8,14-17,37,41-50,54H,9-13,18-36,66-67H2,1-3H3,(H2,68,84)(H2,69,85)(H2,70,87)(H,74,94)(H,75,86)(H,76,90)(H,77,88)(H,78,92)(H,79,93)(H,80,89)(H,81,91)(H4,71,72,73)/t41-,42+,43+,44+,45+,46+,47+,48+,49+,50-,54+/m1/s1. The van der Waals surface area contributed by atoms with Crippen LogP contribution < -0.4 is 82.7 Å². The van der Waals surface area contributed by atoms with Crippen molar-refractivity contribution in [3.8, 4) is 0 Å². The van der Waals surface area contributed by atoms with Gasteiger partial charge in [-0.25, -0.2) is 0 Å². The van der Waals surface area contributed by atoms with Crippen LogP contribution in [0.3, 0.4) is 0 Å². The smallest absolute Gasteiger partial charge is 0.245 e. The van der Waals surface area contributed by atoms with Gasteiger partial charge in [0.05, 0.1) is 12.6 Å². The van der Waals surface area contributed by atoms with E-state index in [2.05, 4.69) is 47.5 Å². The Bertz CT molecular complexity index is 3100. The molecule has 2 aliphatic heterocycles. The SMILES string of the molecule is CSCC[C@H](NC(=O)[C@H](CC(C)C)NC(=O)CNC(=O)[C@@H](NC(=O)[C@H](Cc1ccccc1)NC(=O)[C@H](CCC(N)=O)NC(=O)[C@H](CCC(N)=O)NC(=O)[C@H]1CCCN1C(=O)[C@H](CCCCN)NC(=O)[C@@H]1CCCN1C(=O)[C@@H](N)CCCN=C(N)N)[C@@H]1CCc2ccccc21)C(N)=O. The van der Waals surface area contributed by atoms with Crippen LogP contribution in [0.1, 0.15) is 139 Å². The fraction of sp³-hybridized carbons (Fsp3) is 0.600. The van der Waals surface area contributed by atoms with Gasteiger partial charge in [0.1, 0.15) is 54.4 Å². The summed E-state index contributed by atoms with van der Waals surface area (Å²) in [6.45, 7) is 3.90. The molecule has 2 aromatic rings. The second-order valence-electron chi connectivity index (χ2n) is 25.2. The number of unbranched alkanes of at least 4 members (excludes halogenated alkanes) is 1. The van der Waals surface area contributed by atoms with Crippen LogP contribution in [0.5, 0.6) is 0 Å². The quantitative estimate of drug-likeness (QED) is 0.0177. The Morgan fingerprint density at radius 2 is 1.13 bits per heavy atom. The van der Waals surface area contributed by atoms with Crippen molar-refractivity contribution in [3.05, 3.63) is 71.3 Å². The van der Waals surface area contributed by atoms with Crippen molar-refractivity contribution in [2.24, 2.45) is 51.0 Å². The number of amides is 13. The Hall–Kier alpha value is -8.91. The number of carbonyl (C=O) groups excluding carboxylic acids is 13. The van der Waals surface area contributed by atoms with Crippen LogP contribution in [0.2, 0.25) is 0 Å². The number of carbonyl (C=O) groups is 13. The average molecular weight is 1370 g/mol. The van der Waals surface area contributed by atoms with E-state index in [1.165, 1.54) is 21.6 Å². The molecule has 2 heterocycles. The van der Waals surface area contributed by atoms with Crippen molar-refractivity contribution in [1.29, 1.82) is 0 Å². The van der Waals surface area contributed by atoms with Gasteiger partial charge in [-0.15, -0.1) is 0 Å². The van der Waals surface area contributed by atoms with E-state index >= 15 is 0 Å². The molecule has 2 aromatic carbocycles. The number of benzene rings is 2. The van der Waals surface area contributed by atoms with E-state index in [9.17, 15) is 62.3 Å². The molecule has 5 rings (SSSR count). The van der Waals surface area contributed by atoms with Gasteiger partial charge in [0.2, 0.25) is 76.8 Å². The van der Waals surface area contributed by atoms with Gasteiger partial charge in [-0.3, -0.25) is 67.3 Å². The van der Waals surface area contributed by atoms with Crippen LogP contribution >= 0.6 is 11.8 Å². The number of nitrogens with one attached hydrogen (secondary N) is 8. The van der Waals surface area contributed by atoms with Crippen molar-refractivity contribution in [2.45, 2.75) is 196 Å². The predicted octanol–water partition coefficient (Wildman–Crippen LogP) is -3.22. The third-order valence-corrected chi connectivity index (χ3v) is 17.9. The number of nitrogens with two attached hydrogens (primary N) is 7. The van der Waals surface area contributed by atoms with Gasteiger partial charge in [0.25, 0.3) is 0 Å². The molecule has 2 saturated heterocycles. The summed E-state index contributed by atoms with van der Waals surface area (Å²) in [6, 6.07) is 3.40. The van der Waals surface area contributed by atoms with E-state index in [0.717, 1.165) is 11.1 Å². The van der Waals surface area contributed by atoms with E-state index in [1.54, 1.807) is 36.4 Å². The molecular weight excluding hydrogens is 1270 g/mol. The summed E-state index contributed by atoms with van der Waals surface area (Å²) in [7, 11) is 0. The van der Waals surface area contributed by atoms with E-state index in [4.69, 9.17) is 40.1 Å². The van der Waals surface area contributed by atoms with E-state index in [1.807, 2.05) is 38.3 Å². The first-order valence-corrected chi connectivity index (χ1v) is 34.6. The van der Waals surface area contributed by atoms with Gasteiger partial charge < -0.3 is 92.5 Å². The Morgan fingerprint density at radius 1 is 0.577 bits per heavy atom. The van der Waals surface area contributed by atoms with Gasteiger partial charge in [-0.05, 0) is 137 Å². The predicted molar refractivity (Wildman–Crippen MR) is 363 cm³/mol. The molecule has 2 fully saturated rings. The van der Waals surface area contributed by atoms with Crippen molar-refractivity contribution in [2.75, 3.05) is 44.7 Å². The fourth-order valence-corrected chi connectivity index (χ4v) is 12.7. The van der Waals surface area contributed by atoms with Crippen molar-refractivity contribution < 1.29 is 62.3 Å². The molecule has 534 valence electrons. The highest BCUT2D eigenvalue weighted by atomic mass is 32.2. The lowest BCUT2D eigenvalue weighted by Crippen LogP contribution is -2.60. The highest BCUT2D eigenvalue weighted by molar-refractivity contribution is 7.98. The molecule has 13 amide bonds. The Balaban J connectivity index is 1.36. The Kier molecular flexibility index (Phi) is 32.5. The minimum absolute atomic E-state index is 0.0753. The van der Waals surface area contributed by atoms with Crippen LogP contribution in [0.15, 0.2) is 59.6 Å². The zero-order chi connectivity index (χ0) is 71.3. The molecule has 32 heteroatoms. The first kappa shape index (κ1) is 78.8. The summed E-state index contributed by atoms with van der Waals surface area (Å²) in [5.41, 5.74) is 41.8. The largest absolute Gasteiger partial charge is 0.370 e. The third kappa shape index (κ3) is 25.2. The first-order valence-electron chi connectivity index (χ1n) is 33.2. The minimum atomic E-state index is -1.64. The Morgan fingerprint density at radius 3 is 1.72 bits per heavy atom. The van der Waals surface area contributed by atoms with E-state index < -0.39 is 175 Å². The fourth-order valence-electron chi connectivity index (χ4n) is 12.2. The van der Waals surface area contributed by atoms with Gasteiger partial charge in [-0.1, -0.05) is 68.4 Å². The van der Waals surface area contributed by atoms with Crippen molar-refractivity contribution in [3.63, 3.8) is 0 Å². The van der Waals surface area contributed by atoms with Gasteiger partial charge >= 0.3 is 0 Å². The molecule has 0 bridgehead atoms. The summed E-state index contributed by atoms with van der Waals surface area (Å²) < 4.78 is 0. The van der Waals surface area contributed by atoms with Crippen LogP contribution in [0.4, 0.5) is 0 Å². The van der Waals surface area contributed by atoms with Crippen LogP contribution in [-0.2, 0) is 75.2 Å². The summed E-state index contributed by atoms with van der Waals surface area (Å²) in [4.78, 5) is 186. The van der Waals surface area contributed by atoms with Crippen LogP contribution in [0.25, 0.3) is 0 Å². The number of thioether (sulfide) groups is 1. The molecular formula is C65H100N18O13S. The maximum absolute atomic E-state index is 15.0. The number of fused-ring (bicyclic) bond motifs is 1. The molecule has 1 aliphatic carbocycles. The molecule has 97 heavy (non-hydrogen) atoms. The molecule has 11 atom stereocenters. The summed E-state index contributed by atoms with van der Waals surface area (Å²) in [5, 5.41) is 21.5. The average Bonchev–Trinajstić information content (AvgIpc) is 1.56. The molecule has 31 nitrogen and oxygen atoms in total. The van der Waals surface area contributed by atoms with E-state index in [-0.39, 0.29) is 76.6 Å². The topological polar surface area (TPSA) is 519 Å². The zero-order valence-electron chi connectivity index (χ0n) is 55.7. The van der Waals surface area contributed by atoms with Gasteiger partial charge in [-0.2, -0.15) is 11.8 Å². The monoisotopic (exact) mass is 1370 g/mol. The lowest BCUT2D eigenvalue weighted by atomic mass is 9.91. The highest BCUT2D eigenvalue weighted by Crippen LogP contribution is 2.36. The molecule has 0 spiro atoms. The van der Waals surface area contributed by atoms with E-state index in [0.29, 0.717) is 62.7 Å². The first-order chi connectivity index (χ1) is 46.2. The van der Waals surface area contributed by atoms with Crippen LogP contribution in [0, 0.1) is 5.92 Å². The molecule has 0 saturated carbocycles. The number of guanidine groups is 1. The number of likely N-dealkylation sites (tertiary alicyclic amines) is 2. The second-order valence-corrected chi connectivity index (χ2v) is 26.2. The molecule has 22 N–H and O–H groups in total. The number of nitrogens with zero attached hydrogens (tertiary/aromatic N) is 3. The number of aryl methyl sites for hydroxylation is 1. The number of rotatable bonds is 41. The zero-order valence-corrected chi connectivity index (χ0v) is 56.5. The highest BCUT2D eigenvalue weighted by Gasteiger charge is 2.43. The molecule has 0 radical (unpaired) electrons. The number of hydrogen-bond acceptors (Lipinski definition) is 17. The maximum atomic E-state index is 15.0. The Labute approximate surface area is 569 Å². The summed E-state index contributed by atoms with van der Waals surface area (Å²) in [5.74, 6) is -10.3. The summed E-state index contributed by atoms with van der Waals surface area (Å²) in [6.07, 6.45) is 4.21. The summed E-state index contributed by atoms with van der Waals surface area (Å²) >= 11 is 1.46. The van der Waals surface area contributed by atoms with Gasteiger partial charge in [0.15, 0.2) is 5.96 Å². The van der Waals surface area contributed by atoms with Gasteiger partial charge in [0, 0.05) is 44.8 Å². The van der Waals surface area contributed by atoms with Crippen molar-refractivity contribution in [1.82, 2.24) is 52.3 Å². The third-order valence-electron chi connectivity index (χ3n) is 17.3. The molecule has 0 aromatic heterocycles. The molecule has 0 unspecified atom stereocenters. The number of aliphatic imine (C=N–C) groups is 1. The normalized spacial score (nSPS) is 18.1. The lowest BCUT2D eigenvalue weighted by Gasteiger charge is -2.32. The second kappa shape index (κ2) is 40.0. The number of primary amides is 3. The van der Waals surface area contributed by atoms with Crippen LogP contribution in [-0.4, -0.2) is 198 Å².